The number of sulfonamides is 1. The van der Waals surface area contributed by atoms with Gasteiger partial charge in [-0.05, 0) is 55.4 Å². The maximum atomic E-state index is 13.1. The van der Waals surface area contributed by atoms with Gasteiger partial charge >= 0.3 is 0 Å². The Kier molecular flexibility index (Phi) is 6.77. The lowest BCUT2D eigenvalue weighted by molar-refractivity contribution is 0.103. The highest BCUT2D eigenvalue weighted by Crippen LogP contribution is 2.25. The Labute approximate surface area is 210 Å². The van der Waals surface area contributed by atoms with Gasteiger partial charge in [-0.2, -0.15) is 4.31 Å². The number of ketones is 1. The zero-order chi connectivity index (χ0) is 25.1. The van der Waals surface area contributed by atoms with E-state index >= 15 is 0 Å². The lowest BCUT2D eigenvalue weighted by Crippen LogP contribution is -2.34. The smallest absolute Gasteiger partial charge is 0.243 e. The zero-order valence-corrected chi connectivity index (χ0v) is 20.8. The summed E-state index contributed by atoms with van der Waals surface area (Å²) >= 11 is 0. The van der Waals surface area contributed by atoms with Gasteiger partial charge in [-0.25, -0.2) is 18.4 Å². The molecule has 0 radical (unpaired) electrons. The quantitative estimate of drug-likeness (QED) is 0.376. The molecule has 1 fully saturated rings. The monoisotopic (exact) mass is 501 g/mol. The highest BCUT2D eigenvalue weighted by atomic mass is 32.2. The minimum Gasteiger partial charge on any atom is -0.305 e. The number of aromatic nitrogens is 3. The Morgan fingerprint density at radius 3 is 2.17 bits per heavy atom. The first kappa shape index (κ1) is 24.1. The van der Waals surface area contributed by atoms with E-state index < -0.39 is 10.0 Å². The Hall–Kier alpha value is -3.66. The number of carbonyl (C=O) groups excluding carboxylic acids is 1. The van der Waals surface area contributed by atoms with Crippen molar-refractivity contribution in [3.05, 3.63) is 96.7 Å². The molecule has 0 atom stereocenters. The molecule has 1 aliphatic rings. The molecule has 5 rings (SSSR count). The first-order chi connectivity index (χ1) is 17.4. The zero-order valence-electron chi connectivity index (χ0n) is 20.0. The maximum absolute atomic E-state index is 13.1. The molecular formula is C27H27N5O3S. The molecule has 0 unspecified atom stereocenters. The fourth-order valence-corrected chi connectivity index (χ4v) is 5.75. The average molecular weight is 502 g/mol. The third-order valence-corrected chi connectivity index (χ3v) is 8.34. The molecule has 9 heteroatoms. The van der Waals surface area contributed by atoms with Crippen LogP contribution in [0.15, 0.2) is 90.5 Å². The molecule has 0 saturated carbocycles. The van der Waals surface area contributed by atoms with E-state index in [1.165, 1.54) is 0 Å². The van der Waals surface area contributed by atoms with Crippen LogP contribution in [0.3, 0.4) is 0 Å². The van der Waals surface area contributed by atoms with Gasteiger partial charge in [-0.3, -0.25) is 9.36 Å². The van der Waals surface area contributed by atoms with Gasteiger partial charge in [0.15, 0.2) is 5.78 Å². The van der Waals surface area contributed by atoms with Gasteiger partial charge < -0.3 is 4.90 Å². The van der Waals surface area contributed by atoms with E-state index in [2.05, 4.69) is 14.9 Å². The predicted octanol–water partition coefficient (Wildman–Crippen LogP) is 3.49. The summed E-state index contributed by atoms with van der Waals surface area (Å²) in [4.78, 5) is 23.7. The Bertz CT molecular complexity index is 1430. The van der Waals surface area contributed by atoms with Crippen LogP contribution in [0.1, 0.15) is 22.3 Å². The van der Waals surface area contributed by atoms with Crippen molar-refractivity contribution < 1.29 is 13.2 Å². The summed E-state index contributed by atoms with van der Waals surface area (Å²) in [6.45, 7) is 2.66. The van der Waals surface area contributed by atoms with Gasteiger partial charge in [-0.15, -0.1) is 0 Å². The molecule has 3 heterocycles. The normalized spacial score (nSPS) is 15.5. The number of nitrogens with zero attached hydrogens (tertiary/aromatic N) is 5. The van der Waals surface area contributed by atoms with E-state index in [4.69, 9.17) is 0 Å². The van der Waals surface area contributed by atoms with Gasteiger partial charge in [0.2, 0.25) is 10.0 Å². The van der Waals surface area contributed by atoms with Crippen molar-refractivity contribution in [1.82, 2.24) is 23.7 Å². The largest absolute Gasteiger partial charge is 0.305 e. The van der Waals surface area contributed by atoms with E-state index in [0.717, 1.165) is 30.6 Å². The fourth-order valence-electron chi connectivity index (χ4n) is 4.28. The average Bonchev–Trinajstić information content (AvgIpc) is 3.36. The van der Waals surface area contributed by atoms with E-state index in [1.807, 2.05) is 31.3 Å². The molecule has 0 spiro atoms. The first-order valence-corrected chi connectivity index (χ1v) is 13.2. The molecule has 0 aliphatic carbocycles. The number of likely N-dealkylation sites (N-methyl/N-ethyl adjacent to an activating group) is 1. The number of rotatable bonds is 6. The summed E-state index contributed by atoms with van der Waals surface area (Å²) in [6.07, 6.45) is 7.50. The van der Waals surface area contributed by atoms with Crippen molar-refractivity contribution in [2.24, 2.45) is 0 Å². The van der Waals surface area contributed by atoms with E-state index in [-0.39, 0.29) is 5.78 Å². The lowest BCUT2D eigenvalue weighted by atomic mass is 10.0. The summed E-state index contributed by atoms with van der Waals surface area (Å²) in [5, 5.41) is 0. The number of imidazole rings is 1. The van der Waals surface area contributed by atoms with Crippen LogP contribution in [0.4, 0.5) is 0 Å². The van der Waals surface area contributed by atoms with Crippen molar-refractivity contribution in [3.63, 3.8) is 0 Å². The molecule has 4 aromatic rings. The van der Waals surface area contributed by atoms with Crippen molar-refractivity contribution in [2.75, 3.05) is 33.2 Å². The van der Waals surface area contributed by atoms with Crippen LogP contribution in [0.25, 0.3) is 16.9 Å². The van der Waals surface area contributed by atoms with E-state index in [0.29, 0.717) is 34.9 Å². The number of pyridine rings is 1. The number of benzene rings is 2. The van der Waals surface area contributed by atoms with Crippen molar-refractivity contribution >= 4 is 15.8 Å². The Morgan fingerprint density at radius 2 is 1.53 bits per heavy atom. The predicted molar refractivity (Wildman–Crippen MR) is 138 cm³/mol. The summed E-state index contributed by atoms with van der Waals surface area (Å²) in [7, 11) is -1.51. The number of hydrogen-bond acceptors (Lipinski definition) is 6. The molecule has 0 N–H and O–H groups in total. The summed E-state index contributed by atoms with van der Waals surface area (Å²) in [6, 6.07) is 17.8. The maximum Gasteiger partial charge on any atom is 0.243 e. The molecule has 36 heavy (non-hydrogen) atoms. The number of hydrogen-bond donors (Lipinski definition) is 0. The lowest BCUT2D eigenvalue weighted by Gasteiger charge is -2.20. The number of carbonyl (C=O) groups is 1. The standard InChI is InChI=1S/C27H27N5O3S/c1-30-14-2-15-32(18-17-30)36(34,35)25-10-7-22(8-11-25)21-3-5-23(6-4-21)27(33)24-9-12-26(29-19-24)31-16-13-28-20-31/h3-13,16,19-20H,2,14-15,17-18H2,1H3. The van der Waals surface area contributed by atoms with Crippen LogP contribution in [-0.4, -0.2) is 71.2 Å². The van der Waals surface area contributed by atoms with Crippen LogP contribution in [-0.2, 0) is 10.0 Å². The van der Waals surface area contributed by atoms with Gasteiger partial charge in [0.25, 0.3) is 0 Å². The second kappa shape index (κ2) is 10.1. The second-order valence-electron chi connectivity index (χ2n) is 8.87. The van der Waals surface area contributed by atoms with Gasteiger partial charge in [0.05, 0.1) is 4.90 Å². The van der Waals surface area contributed by atoms with Crippen molar-refractivity contribution in [1.29, 1.82) is 0 Å². The minimum absolute atomic E-state index is 0.115. The SMILES string of the molecule is CN1CCCN(S(=O)(=O)c2ccc(-c3ccc(C(=O)c4ccc(-n5ccnc5)nc4)cc3)cc2)CC1. The molecule has 184 valence electrons. The van der Waals surface area contributed by atoms with Gasteiger partial charge in [0, 0.05) is 49.4 Å². The van der Waals surface area contributed by atoms with Crippen LogP contribution in [0, 0.1) is 0 Å². The highest BCUT2D eigenvalue weighted by Gasteiger charge is 2.26. The van der Waals surface area contributed by atoms with E-state index in [1.54, 1.807) is 70.2 Å². The summed E-state index contributed by atoms with van der Waals surface area (Å²) < 4.78 is 29.5. The second-order valence-corrected chi connectivity index (χ2v) is 10.8. The van der Waals surface area contributed by atoms with Crippen molar-refractivity contribution in [2.45, 2.75) is 11.3 Å². The molecule has 0 bridgehead atoms. The third-order valence-electron chi connectivity index (χ3n) is 6.43. The third kappa shape index (κ3) is 4.99. The highest BCUT2D eigenvalue weighted by molar-refractivity contribution is 7.89. The first-order valence-electron chi connectivity index (χ1n) is 11.8. The van der Waals surface area contributed by atoms with Gasteiger partial charge in [0.1, 0.15) is 12.1 Å². The molecule has 1 saturated heterocycles. The summed E-state index contributed by atoms with van der Waals surface area (Å²) in [5.74, 6) is 0.573. The van der Waals surface area contributed by atoms with Crippen LogP contribution in [0.2, 0.25) is 0 Å². The molecule has 2 aromatic heterocycles. The van der Waals surface area contributed by atoms with Crippen molar-refractivity contribution in [3.8, 4) is 16.9 Å². The fraction of sp³-hybridized carbons (Fsp3) is 0.222. The van der Waals surface area contributed by atoms with E-state index in [9.17, 15) is 13.2 Å². The van der Waals surface area contributed by atoms with Crippen LogP contribution < -0.4 is 0 Å². The molecule has 1 aliphatic heterocycles. The Balaban J connectivity index is 1.29. The minimum atomic E-state index is -3.52. The van der Waals surface area contributed by atoms with Crippen LogP contribution in [0.5, 0.6) is 0 Å². The molecule has 0 amide bonds. The Morgan fingerprint density at radius 1 is 0.833 bits per heavy atom. The topological polar surface area (TPSA) is 88.4 Å². The molecule has 8 nitrogen and oxygen atoms in total. The summed E-state index contributed by atoms with van der Waals surface area (Å²) in [5.41, 5.74) is 2.84. The van der Waals surface area contributed by atoms with Gasteiger partial charge in [-0.1, -0.05) is 36.4 Å². The molecular weight excluding hydrogens is 474 g/mol. The van der Waals surface area contributed by atoms with Crippen LogP contribution >= 0.6 is 0 Å². The molecule has 2 aromatic carbocycles.